The van der Waals surface area contributed by atoms with Crippen molar-refractivity contribution in [2.24, 2.45) is 0 Å². The quantitative estimate of drug-likeness (QED) is 0.887. The SMILES string of the molecule is Cc1ccc(C(=O)NC(C)c2ccncc2)c(O)c1. The van der Waals surface area contributed by atoms with Crippen LogP contribution in [-0.4, -0.2) is 16.0 Å². The van der Waals surface area contributed by atoms with Crippen LogP contribution in [-0.2, 0) is 0 Å². The number of aromatic nitrogens is 1. The predicted octanol–water partition coefficient (Wildman–Crippen LogP) is 2.59. The number of phenols is 1. The lowest BCUT2D eigenvalue weighted by molar-refractivity contribution is 0.0937. The highest BCUT2D eigenvalue weighted by Crippen LogP contribution is 2.19. The maximum absolute atomic E-state index is 12.1. The first kappa shape index (κ1) is 13.1. The van der Waals surface area contributed by atoms with Crippen molar-refractivity contribution in [1.29, 1.82) is 0 Å². The number of carbonyl (C=O) groups is 1. The molecule has 1 atom stereocenters. The van der Waals surface area contributed by atoms with Gasteiger partial charge in [0.15, 0.2) is 0 Å². The average Bonchev–Trinajstić information content (AvgIpc) is 2.39. The molecule has 0 spiro atoms. The summed E-state index contributed by atoms with van der Waals surface area (Å²) in [6, 6.07) is 8.55. The summed E-state index contributed by atoms with van der Waals surface area (Å²) in [6.07, 6.45) is 3.36. The molecule has 19 heavy (non-hydrogen) atoms. The van der Waals surface area contributed by atoms with Gasteiger partial charge in [0.2, 0.25) is 0 Å². The van der Waals surface area contributed by atoms with Crippen LogP contribution in [0.2, 0.25) is 0 Å². The zero-order chi connectivity index (χ0) is 13.8. The van der Waals surface area contributed by atoms with Gasteiger partial charge in [-0.15, -0.1) is 0 Å². The number of rotatable bonds is 3. The minimum Gasteiger partial charge on any atom is -0.507 e. The van der Waals surface area contributed by atoms with Crippen molar-refractivity contribution < 1.29 is 9.90 Å². The number of phenolic OH excluding ortho intramolecular Hbond substituents is 1. The van der Waals surface area contributed by atoms with E-state index in [4.69, 9.17) is 0 Å². The van der Waals surface area contributed by atoms with Crippen LogP contribution in [0.4, 0.5) is 0 Å². The Bertz CT molecular complexity index is 582. The van der Waals surface area contributed by atoms with E-state index in [1.54, 1.807) is 30.6 Å². The second-order valence-corrected chi connectivity index (χ2v) is 4.50. The highest BCUT2D eigenvalue weighted by Gasteiger charge is 2.14. The lowest BCUT2D eigenvalue weighted by Crippen LogP contribution is -2.26. The van der Waals surface area contributed by atoms with E-state index in [1.807, 2.05) is 26.0 Å². The van der Waals surface area contributed by atoms with Gasteiger partial charge in [-0.25, -0.2) is 0 Å². The zero-order valence-corrected chi connectivity index (χ0v) is 10.9. The van der Waals surface area contributed by atoms with Crippen molar-refractivity contribution in [2.45, 2.75) is 19.9 Å². The number of carbonyl (C=O) groups excluding carboxylic acids is 1. The molecule has 0 aliphatic heterocycles. The van der Waals surface area contributed by atoms with E-state index in [0.717, 1.165) is 11.1 Å². The van der Waals surface area contributed by atoms with Gasteiger partial charge in [0.1, 0.15) is 5.75 Å². The summed E-state index contributed by atoms with van der Waals surface area (Å²) in [5, 5.41) is 12.6. The van der Waals surface area contributed by atoms with Crippen molar-refractivity contribution in [2.75, 3.05) is 0 Å². The number of hydrogen-bond donors (Lipinski definition) is 2. The van der Waals surface area contributed by atoms with Gasteiger partial charge in [-0.3, -0.25) is 9.78 Å². The summed E-state index contributed by atoms with van der Waals surface area (Å²) < 4.78 is 0. The molecule has 2 rings (SSSR count). The van der Waals surface area contributed by atoms with Gasteiger partial charge in [-0.2, -0.15) is 0 Å². The van der Waals surface area contributed by atoms with Crippen LogP contribution >= 0.6 is 0 Å². The molecule has 2 aromatic rings. The normalized spacial score (nSPS) is 11.9. The van der Waals surface area contributed by atoms with Crippen LogP contribution in [0.25, 0.3) is 0 Å². The van der Waals surface area contributed by atoms with E-state index < -0.39 is 0 Å². The molecule has 1 heterocycles. The van der Waals surface area contributed by atoms with Gasteiger partial charge in [0.05, 0.1) is 11.6 Å². The predicted molar refractivity (Wildman–Crippen MR) is 73.0 cm³/mol. The van der Waals surface area contributed by atoms with Crippen LogP contribution in [0.1, 0.15) is 34.5 Å². The summed E-state index contributed by atoms with van der Waals surface area (Å²) in [5.74, 6) is -0.291. The van der Waals surface area contributed by atoms with E-state index >= 15 is 0 Å². The first-order valence-electron chi connectivity index (χ1n) is 6.08. The average molecular weight is 256 g/mol. The molecule has 1 unspecified atom stereocenters. The maximum Gasteiger partial charge on any atom is 0.255 e. The molecule has 1 aromatic carbocycles. The molecule has 98 valence electrons. The van der Waals surface area contributed by atoms with Crippen molar-refractivity contribution in [3.05, 3.63) is 59.4 Å². The van der Waals surface area contributed by atoms with Gasteiger partial charge >= 0.3 is 0 Å². The fraction of sp³-hybridized carbons (Fsp3) is 0.200. The number of amides is 1. The number of nitrogens with zero attached hydrogens (tertiary/aromatic N) is 1. The lowest BCUT2D eigenvalue weighted by atomic mass is 10.1. The summed E-state index contributed by atoms with van der Waals surface area (Å²) >= 11 is 0. The fourth-order valence-corrected chi connectivity index (χ4v) is 1.84. The summed E-state index contributed by atoms with van der Waals surface area (Å²) in [7, 11) is 0. The van der Waals surface area contributed by atoms with Crippen LogP contribution in [0.5, 0.6) is 5.75 Å². The number of aryl methyl sites for hydroxylation is 1. The Morgan fingerprint density at radius 2 is 1.95 bits per heavy atom. The minimum atomic E-state index is -0.290. The van der Waals surface area contributed by atoms with Crippen molar-refractivity contribution >= 4 is 5.91 Å². The molecule has 0 bridgehead atoms. The van der Waals surface area contributed by atoms with Crippen LogP contribution < -0.4 is 5.32 Å². The number of hydrogen-bond acceptors (Lipinski definition) is 3. The molecular weight excluding hydrogens is 240 g/mol. The largest absolute Gasteiger partial charge is 0.507 e. The number of nitrogens with one attached hydrogen (secondary N) is 1. The third-order valence-corrected chi connectivity index (χ3v) is 2.95. The summed E-state index contributed by atoms with van der Waals surface area (Å²) in [6.45, 7) is 3.75. The molecule has 1 amide bonds. The van der Waals surface area contributed by atoms with E-state index in [-0.39, 0.29) is 23.3 Å². The first-order chi connectivity index (χ1) is 9.08. The van der Waals surface area contributed by atoms with E-state index in [9.17, 15) is 9.90 Å². The van der Waals surface area contributed by atoms with Gasteiger partial charge in [-0.1, -0.05) is 6.07 Å². The Morgan fingerprint density at radius 3 is 2.58 bits per heavy atom. The number of pyridine rings is 1. The number of aromatic hydroxyl groups is 1. The van der Waals surface area contributed by atoms with Crippen LogP contribution in [0.3, 0.4) is 0 Å². The van der Waals surface area contributed by atoms with Crippen molar-refractivity contribution in [3.8, 4) is 5.75 Å². The second-order valence-electron chi connectivity index (χ2n) is 4.50. The monoisotopic (exact) mass is 256 g/mol. The molecule has 0 aliphatic rings. The highest BCUT2D eigenvalue weighted by molar-refractivity contribution is 5.97. The Balaban J connectivity index is 2.13. The minimum absolute atomic E-state index is 0.000529. The van der Waals surface area contributed by atoms with Gasteiger partial charge in [0.25, 0.3) is 5.91 Å². The molecule has 0 fully saturated rings. The molecule has 0 saturated carbocycles. The van der Waals surface area contributed by atoms with E-state index in [1.165, 1.54) is 0 Å². The van der Waals surface area contributed by atoms with Crippen LogP contribution in [0, 0.1) is 6.92 Å². The Labute approximate surface area is 112 Å². The smallest absolute Gasteiger partial charge is 0.255 e. The summed E-state index contributed by atoms with van der Waals surface area (Å²) in [4.78, 5) is 16.0. The molecule has 4 nitrogen and oxygen atoms in total. The third-order valence-electron chi connectivity index (χ3n) is 2.95. The van der Waals surface area contributed by atoms with Crippen molar-refractivity contribution in [3.63, 3.8) is 0 Å². The van der Waals surface area contributed by atoms with E-state index in [0.29, 0.717) is 0 Å². The van der Waals surface area contributed by atoms with Crippen LogP contribution in [0.15, 0.2) is 42.7 Å². The molecular formula is C15H16N2O2. The molecule has 4 heteroatoms. The van der Waals surface area contributed by atoms with Crippen molar-refractivity contribution in [1.82, 2.24) is 10.3 Å². The molecule has 2 N–H and O–H groups in total. The molecule has 0 saturated heterocycles. The number of benzene rings is 1. The molecule has 0 aliphatic carbocycles. The zero-order valence-electron chi connectivity index (χ0n) is 10.9. The maximum atomic E-state index is 12.1. The molecule has 1 aromatic heterocycles. The highest BCUT2D eigenvalue weighted by atomic mass is 16.3. The Hall–Kier alpha value is -2.36. The third kappa shape index (κ3) is 3.10. The Kier molecular flexibility index (Phi) is 3.80. The summed E-state index contributed by atoms with van der Waals surface area (Å²) in [5.41, 5.74) is 2.16. The van der Waals surface area contributed by atoms with Gasteiger partial charge in [0, 0.05) is 12.4 Å². The standard InChI is InChI=1S/C15H16N2O2/c1-10-3-4-13(14(18)9-10)15(19)17-11(2)12-5-7-16-8-6-12/h3-9,11,18H,1-2H3,(H,17,19). The lowest BCUT2D eigenvalue weighted by Gasteiger charge is -2.14. The topological polar surface area (TPSA) is 62.2 Å². The first-order valence-corrected chi connectivity index (χ1v) is 6.08. The molecule has 0 radical (unpaired) electrons. The van der Waals surface area contributed by atoms with Gasteiger partial charge < -0.3 is 10.4 Å². The van der Waals surface area contributed by atoms with Gasteiger partial charge in [-0.05, 0) is 49.2 Å². The fourth-order valence-electron chi connectivity index (χ4n) is 1.84. The van der Waals surface area contributed by atoms with E-state index in [2.05, 4.69) is 10.3 Å². The second kappa shape index (κ2) is 5.52. The Morgan fingerprint density at radius 1 is 1.26 bits per heavy atom.